The second kappa shape index (κ2) is 5.28. The first-order chi connectivity index (χ1) is 8.63. The Kier molecular flexibility index (Phi) is 3.73. The van der Waals surface area contributed by atoms with Crippen molar-refractivity contribution in [3.63, 3.8) is 0 Å². The average Bonchev–Trinajstić information content (AvgIpc) is 2.73. The number of esters is 1. The normalized spacial score (nSPS) is 12.6. The van der Waals surface area contributed by atoms with Gasteiger partial charge in [0.15, 0.2) is 10.8 Å². The molecule has 7 nitrogen and oxygen atoms in total. The zero-order chi connectivity index (χ0) is 13.1. The fraction of sp³-hybridized carbons (Fsp3) is 0.400. The number of ether oxygens (including phenoxy) is 2. The molecule has 2 aromatic heterocycles. The molecule has 2 heterocycles. The lowest BCUT2D eigenvalue weighted by Crippen LogP contribution is -2.18. The third-order valence-corrected chi connectivity index (χ3v) is 2.39. The molecule has 0 aromatic carbocycles. The Balaban J connectivity index is 2.44. The summed E-state index contributed by atoms with van der Waals surface area (Å²) >= 11 is 5.88. The maximum atomic E-state index is 11.0. The first kappa shape index (κ1) is 12.7. The molecule has 0 bridgehead atoms. The first-order valence-electron chi connectivity index (χ1n) is 5.25. The molecule has 8 heteroatoms. The molecule has 2 rings (SSSR count). The van der Waals surface area contributed by atoms with Gasteiger partial charge in [-0.15, -0.1) is 0 Å². The Morgan fingerprint density at radius 1 is 1.50 bits per heavy atom. The lowest BCUT2D eigenvalue weighted by Gasteiger charge is -2.17. The molecule has 0 saturated heterocycles. The van der Waals surface area contributed by atoms with E-state index in [1.807, 2.05) is 0 Å². The molecule has 0 spiro atoms. The van der Waals surface area contributed by atoms with Crippen LogP contribution in [-0.4, -0.2) is 32.1 Å². The van der Waals surface area contributed by atoms with Crippen LogP contribution < -0.4 is 0 Å². The van der Waals surface area contributed by atoms with Gasteiger partial charge in [0, 0.05) is 13.5 Å². The molecular formula is C10H11ClN4O3. The van der Waals surface area contributed by atoms with Crippen molar-refractivity contribution in [1.82, 2.24) is 19.5 Å². The standard InChI is InChI=1S/C10H11ClN4O3/c1-3-17-10(18-6(2)16)15-5-14-7-8(11)12-4-13-9(7)15/h4-5,10H,3H2,1-2H3/i15+1. The van der Waals surface area contributed by atoms with Crippen molar-refractivity contribution in [3.05, 3.63) is 17.8 Å². The minimum absolute atomic E-state index is 0.233. The lowest BCUT2D eigenvalue weighted by molar-refractivity contribution is -0.197. The number of nitrogens with zero attached hydrogens (tertiary/aromatic N) is 4. The maximum absolute atomic E-state index is 11.0. The van der Waals surface area contributed by atoms with E-state index in [1.165, 1.54) is 24.1 Å². The number of rotatable bonds is 4. The Hall–Kier alpha value is -1.73. The molecule has 96 valence electrons. The molecule has 0 saturated carbocycles. The number of aromatic nitrogens is 4. The van der Waals surface area contributed by atoms with Crippen molar-refractivity contribution < 1.29 is 14.3 Å². The van der Waals surface area contributed by atoms with Crippen molar-refractivity contribution >= 4 is 28.7 Å². The van der Waals surface area contributed by atoms with E-state index in [9.17, 15) is 4.79 Å². The number of hydrogen-bond donors (Lipinski definition) is 0. The van der Waals surface area contributed by atoms with E-state index in [0.717, 1.165) is 0 Å². The Bertz CT molecular complexity index is 571. The number of carbonyl (C=O) groups is 1. The van der Waals surface area contributed by atoms with Crippen molar-refractivity contribution in [3.8, 4) is 0 Å². The number of imidazole rings is 1. The van der Waals surface area contributed by atoms with Crippen molar-refractivity contribution in [2.45, 2.75) is 20.3 Å². The zero-order valence-corrected chi connectivity index (χ0v) is 10.6. The average molecular weight is 272 g/mol. The summed E-state index contributed by atoms with van der Waals surface area (Å²) in [5, 5.41) is 0.233. The van der Waals surface area contributed by atoms with E-state index in [-0.39, 0.29) is 5.15 Å². The highest BCUT2D eigenvalue weighted by molar-refractivity contribution is 6.33. The van der Waals surface area contributed by atoms with Crippen LogP contribution >= 0.6 is 11.6 Å². The van der Waals surface area contributed by atoms with Gasteiger partial charge in [-0.2, -0.15) is 0 Å². The largest absolute Gasteiger partial charge is 0.416 e. The summed E-state index contributed by atoms with van der Waals surface area (Å²) in [6, 6.07) is 0. The quantitative estimate of drug-likeness (QED) is 0.477. The summed E-state index contributed by atoms with van der Waals surface area (Å²) in [6.07, 6.45) is 1.83. The number of carbonyl (C=O) groups excluding carboxylic acids is 1. The maximum Gasteiger partial charge on any atom is 0.306 e. The van der Waals surface area contributed by atoms with Gasteiger partial charge < -0.3 is 9.47 Å². The Morgan fingerprint density at radius 3 is 2.94 bits per heavy atom. The van der Waals surface area contributed by atoms with E-state index >= 15 is 0 Å². The van der Waals surface area contributed by atoms with Crippen LogP contribution in [0.4, 0.5) is 0 Å². The minimum atomic E-state index is -0.913. The molecule has 0 aliphatic carbocycles. The molecular weight excluding hydrogens is 261 g/mol. The second-order valence-electron chi connectivity index (χ2n) is 3.36. The van der Waals surface area contributed by atoms with Gasteiger partial charge in [0.05, 0.1) is 0 Å². The van der Waals surface area contributed by atoms with Gasteiger partial charge >= 0.3 is 5.97 Å². The van der Waals surface area contributed by atoms with Gasteiger partial charge in [0.1, 0.15) is 18.2 Å². The smallest absolute Gasteiger partial charge is 0.306 e. The fourth-order valence-electron chi connectivity index (χ4n) is 1.43. The zero-order valence-electron chi connectivity index (χ0n) is 9.83. The van der Waals surface area contributed by atoms with E-state index in [4.69, 9.17) is 21.1 Å². The fourth-order valence-corrected chi connectivity index (χ4v) is 1.61. The van der Waals surface area contributed by atoms with Crippen LogP contribution in [0.25, 0.3) is 11.2 Å². The van der Waals surface area contributed by atoms with Crippen molar-refractivity contribution in [1.29, 1.82) is 0 Å². The molecule has 1 atom stereocenters. The summed E-state index contributed by atoms with van der Waals surface area (Å²) in [7, 11) is 0. The van der Waals surface area contributed by atoms with Gasteiger partial charge in [-0.1, -0.05) is 11.6 Å². The molecule has 1 unspecified atom stereocenters. The number of hydrogen-bond acceptors (Lipinski definition) is 6. The molecule has 0 N–H and O–H groups in total. The predicted molar refractivity (Wildman–Crippen MR) is 62.8 cm³/mol. The SMILES string of the molecule is CCOC(OC(C)=O)[15n]1cnc2c(Cl)ncnc21. The third kappa shape index (κ3) is 2.41. The third-order valence-electron chi connectivity index (χ3n) is 2.12. The molecule has 0 aliphatic heterocycles. The van der Waals surface area contributed by atoms with Crippen LogP contribution in [0.1, 0.15) is 20.3 Å². The van der Waals surface area contributed by atoms with Gasteiger partial charge in [0.25, 0.3) is 6.41 Å². The van der Waals surface area contributed by atoms with Crippen LogP contribution in [0.15, 0.2) is 12.7 Å². The van der Waals surface area contributed by atoms with Gasteiger partial charge in [0.2, 0.25) is 0 Å². The highest BCUT2D eigenvalue weighted by atomic mass is 35.5. The van der Waals surface area contributed by atoms with Crippen LogP contribution in [0.3, 0.4) is 0 Å². The van der Waals surface area contributed by atoms with E-state index < -0.39 is 12.4 Å². The number of halogens is 1. The number of fused-ring (bicyclic) bond motifs is 1. The van der Waals surface area contributed by atoms with Crippen LogP contribution in [0.2, 0.25) is 5.15 Å². The van der Waals surface area contributed by atoms with Gasteiger partial charge in [-0.25, -0.2) is 15.0 Å². The summed E-state index contributed by atoms with van der Waals surface area (Å²) in [4.78, 5) is 23.0. The summed E-state index contributed by atoms with van der Waals surface area (Å²) in [6.45, 7) is 3.46. The molecule has 0 aliphatic rings. The van der Waals surface area contributed by atoms with Crippen molar-refractivity contribution in [2.24, 2.45) is 0 Å². The van der Waals surface area contributed by atoms with Crippen LogP contribution in [0, 0.1) is 0 Å². The molecule has 0 amide bonds. The predicted octanol–water partition coefficient (Wildman–Crippen LogP) is 1.54. The lowest BCUT2D eigenvalue weighted by atomic mass is 10.6. The van der Waals surface area contributed by atoms with E-state index in [0.29, 0.717) is 17.8 Å². The molecule has 0 radical (unpaired) electrons. The van der Waals surface area contributed by atoms with Crippen LogP contribution in [-0.2, 0) is 14.3 Å². The minimum Gasteiger partial charge on any atom is -0.416 e. The topological polar surface area (TPSA) is 79.1 Å². The highest BCUT2D eigenvalue weighted by Gasteiger charge is 2.19. The van der Waals surface area contributed by atoms with Gasteiger partial charge in [-0.05, 0) is 6.92 Å². The van der Waals surface area contributed by atoms with Crippen molar-refractivity contribution in [2.75, 3.05) is 6.61 Å². The molecule has 18 heavy (non-hydrogen) atoms. The molecule has 0 fully saturated rings. The Morgan fingerprint density at radius 2 is 2.28 bits per heavy atom. The Labute approximate surface area is 108 Å². The highest BCUT2D eigenvalue weighted by Crippen LogP contribution is 2.21. The van der Waals surface area contributed by atoms with E-state index in [1.54, 1.807) is 6.92 Å². The first-order valence-corrected chi connectivity index (χ1v) is 5.63. The van der Waals surface area contributed by atoms with E-state index in [2.05, 4.69) is 15.0 Å². The summed E-state index contributed by atoms with van der Waals surface area (Å²) in [5.74, 6) is -0.463. The van der Waals surface area contributed by atoms with Crippen LogP contribution in [0.5, 0.6) is 0 Å². The summed E-state index contributed by atoms with van der Waals surface area (Å²) in [5.41, 5.74) is 0.866. The summed E-state index contributed by atoms with van der Waals surface area (Å²) < 4.78 is 11.8. The molecule has 2 aromatic rings. The monoisotopic (exact) mass is 271 g/mol. The van der Waals surface area contributed by atoms with Gasteiger partial charge in [-0.3, -0.25) is 9.36 Å². The second-order valence-corrected chi connectivity index (χ2v) is 3.72.